The van der Waals surface area contributed by atoms with Gasteiger partial charge in [0.25, 0.3) is 0 Å². The van der Waals surface area contributed by atoms with Gasteiger partial charge in [0.15, 0.2) is 0 Å². The fraction of sp³-hybridized carbons (Fsp3) is 0.158. The molecule has 0 heterocycles. The zero-order chi connectivity index (χ0) is 13.2. The molecule has 0 saturated heterocycles. The van der Waals surface area contributed by atoms with Crippen LogP contribution in [0.3, 0.4) is 0 Å². The van der Waals surface area contributed by atoms with Crippen LogP contribution in [0.1, 0.15) is 25.3 Å². The molecule has 0 radical (unpaired) electrons. The van der Waals surface area contributed by atoms with E-state index in [1.807, 2.05) is 0 Å². The molecule has 0 unspecified atom stereocenters. The van der Waals surface area contributed by atoms with E-state index in [9.17, 15) is 0 Å². The van der Waals surface area contributed by atoms with Crippen molar-refractivity contribution in [3.05, 3.63) is 72.3 Å². The lowest BCUT2D eigenvalue weighted by molar-refractivity contribution is 0.869. The molecule has 0 aliphatic rings. The van der Waals surface area contributed by atoms with Gasteiger partial charge >= 0.3 is 0 Å². The van der Waals surface area contributed by atoms with Gasteiger partial charge in [0.2, 0.25) is 0 Å². The molecule has 3 aromatic rings. The molecule has 0 spiro atoms. The van der Waals surface area contributed by atoms with Crippen molar-refractivity contribution in [1.82, 2.24) is 0 Å². The van der Waals surface area contributed by atoms with Gasteiger partial charge in [-0.15, -0.1) is 0 Å². The maximum absolute atomic E-state index is 2.34. The van der Waals surface area contributed by atoms with Crippen LogP contribution in [0.4, 0.5) is 0 Å². The first kappa shape index (κ1) is 12.0. The van der Waals surface area contributed by atoms with E-state index in [4.69, 9.17) is 0 Å². The van der Waals surface area contributed by atoms with Crippen LogP contribution in [-0.4, -0.2) is 0 Å². The molecule has 94 valence electrons. The molecule has 0 atom stereocenters. The van der Waals surface area contributed by atoms with Crippen molar-refractivity contribution in [3.8, 4) is 11.1 Å². The fourth-order valence-corrected chi connectivity index (χ4v) is 2.52. The summed E-state index contributed by atoms with van der Waals surface area (Å²) in [6.07, 6.45) is 0. The third-order valence-electron chi connectivity index (χ3n) is 3.64. The third kappa shape index (κ3) is 2.26. The summed E-state index contributed by atoms with van der Waals surface area (Å²) in [5.41, 5.74) is 4.03. The molecule has 0 N–H and O–H groups in total. The maximum atomic E-state index is 2.34. The van der Waals surface area contributed by atoms with Gasteiger partial charge in [0.05, 0.1) is 0 Å². The summed E-state index contributed by atoms with van der Waals surface area (Å²) < 4.78 is 0. The minimum atomic E-state index is 0.548. The first-order valence-corrected chi connectivity index (χ1v) is 6.84. The summed E-state index contributed by atoms with van der Waals surface area (Å²) >= 11 is 0. The predicted octanol–water partition coefficient (Wildman–Crippen LogP) is 5.63. The number of fused-ring (bicyclic) bond motifs is 1. The molecule has 0 amide bonds. The van der Waals surface area contributed by atoms with Gasteiger partial charge in [0, 0.05) is 0 Å². The number of hydrogen-bond acceptors (Lipinski definition) is 0. The zero-order valence-corrected chi connectivity index (χ0v) is 11.4. The Labute approximate surface area is 114 Å². The number of benzene rings is 3. The van der Waals surface area contributed by atoms with Crippen molar-refractivity contribution in [1.29, 1.82) is 0 Å². The Balaban J connectivity index is 2.33. The number of hydrogen-bond donors (Lipinski definition) is 0. The Morgan fingerprint density at radius 1 is 0.737 bits per heavy atom. The van der Waals surface area contributed by atoms with Crippen molar-refractivity contribution in [2.75, 3.05) is 0 Å². The van der Waals surface area contributed by atoms with Gasteiger partial charge in [-0.2, -0.15) is 0 Å². The first-order valence-electron chi connectivity index (χ1n) is 6.84. The van der Waals surface area contributed by atoms with Gasteiger partial charge < -0.3 is 0 Å². The molecule has 0 aliphatic heterocycles. The van der Waals surface area contributed by atoms with E-state index in [0.717, 1.165) is 0 Å². The lowest BCUT2D eigenvalue weighted by atomic mass is 9.92. The monoisotopic (exact) mass is 246 g/mol. The van der Waals surface area contributed by atoms with Crippen molar-refractivity contribution in [2.45, 2.75) is 19.8 Å². The summed E-state index contributed by atoms with van der Waals surface area (Å²) in [6.45, 7) is 4.50. The highest BCUT2D eigenvalue weighted by Crippen LogP contribution is 2.32. The summed E-state index contributed by atoms with van der Waals surface area (Å²) in [4.78, 5) is 0. The van der Waals surface area contributed by atoms with Crippen LogP contribution in [-0.2, 0) is 0 Å². The molecular weight excluding hydrogens is 228 g/mol. The van der Waals surface area contributed by atoms with Crippen LogP contribution < -0.4 is 0 Å². The van der Waals surface area contributed by atoms with Crippen LogP contribution in [0.15, 0.2) is 66.7 Å². The van der Waals surface area contributed by atoms with Gasteiger partial charge in [-0.3, -0.25) is 0 Å². The molecule has 0 bridgehead atoms. The molecule has 0 heteroatoms. The van der Waals surface area contributed by atoms with Gasteiger partial charge in [0.1, 0.15) is 0 Å². The van der Waals surface area contributed by atoms with E-state index in [1.165, 1.54) is 27.5 Å². The van der Waals surface area contributed by atoms with E-state index in [-0.39, 0.29) is 0 Å². The van der Waals surface area contributed by atoms with Crippen LogP contribution >= 0.6 is 0 Å². The fourth-order valence-electron chi connectivity index (χ4n) is 2.52. The Hall–Kier alpha value is -2.08. The normalized spacial score (nSPS) is 11.1. The molecule has 3 aromatic carbocycles. The van der Waals surface area contributed by atoms with Gasteiger partial charge in [-0.05, 0) is 33.4 Å². The van der Waals surface area contributed by atoms with E-state index < -0.39 is 0 Å². The van der Waals surface area contributed by atoms with Crippen LogP contribution in [0.5, 0.6) is 0 Å². The topological polar surface area (TPSA) is 0 Å². The molecular formula is C19H18. The van der Waals surface area contributed by atoms with Gasteiger partial charge in [-0.1, -0.05) is 80.6 Å². The highest BCUT2D eigenvalue weighted by atomic mass is 14.1. The Morgan fingerprint density at radius 3 is 2.16 bits per heavy atom. The second kappa shape index (κ2) is 4.89. The van der Waals surface area contributed by atoms with E-state index in [1.54, 1.807) is 0 Å². The minimum absolute atomic E-state index is 0.548. The Kier molecular flexibility index (Phi) is 3.08. The Morgan fingerprint density at radius 2 is 1.42 bits per heavy atom. The zero-order valence-electron chi connectivity index (χ0n) is 11.4. The molecule has 3 rings (SSSR count). The van der Waals surface area contributed by atoms with E-state index in [0.29, 0.717) is 5.92 Å². The molecule has 0 fully saturated rings. The van der Waals surface area contributed by atoms with Crippen molar-refractivity contribution in [3.63, 3.8) is 0 Å². The minimum Gasteiger partial charge on any atom is -0.0622 e. The van der Waals surface area contributed by atoms with Crippen molar-refractivity contribution >= 4 is 10.8 Å². The summed E-state index contributed by atoms with van der Waals surface area (Å²) in [5, 5.41) is 2.66. The van der Waals surface area contributed by atoms with E-state index >= 15 is 0 Å². The first-order chi connectivity index (χ1) is 9.25. The third-order valence-corrected chi connectivity index (χ3v) is 3.64. The second-order valence-corrected chi connectivity index (χ2v) is 5.31. The SMILES string of the molecule is CC(C)c1cc(-c2ccccc2)c2ccccc2c1. The van der Waals surface area contributed by atoms with Crippen LogP contribution in [0, 0.1) is 0 Å². The summed E-state index contributed by atoms with van der Waals surface area (Å²) in [7, 11) is 0. The lowest BCUT2D eigenvalue weighted by Gasteiger charge is -2.13. The predicted molar refractivity (Wildman–Crippen MR) is 83.5 cm³/mol. The van der Waals surface area contributed by atoms with Crippen LogP contribution in [0.25, 0.3) is 21.9 Å². The smallest absolute Gasteiger partial charge is 0.0103 e. The largest absolute Gasteiger partial charge is 0.0622 e. The maximum Gasteiger partial charge on any atom is -0.0103 e. The quantitative estimate of drug-likeness (QED) is 0.549. The molecule has 0 aromatic heterocycles. The van der Waals surface area contributed by atoms with Gasteiger partial charge in [-0.25, -0.2) is 0 Å². The molecule has 19 heavy (non-hydrogen) atoms. The summed E-state index contributed by atoms with van der Waals surface area (Å²) in [6, 6.07) is 23.9. The van der Waals surface area contributed by atoms with Crippen molar-refractivity contribution < 1.29 is 0 Å². The Bertz CT molecular complexity index is 694. The number of rotatable bonds is 2. The lowest BCUT2D eigenvalue weighted by Crippen LogP contribution is -1.90. The summed E-state index contributed by atoms with van der Waals surface area (Å²) in [5.74, 6) is 0.548. The molecule has 0 nitrogen and oxygen atoms in total. The second-order valence-electron chi connectivity index (χ2n) is 5.31. The molecule has 0 saturated carbocycles. The standard InChI is InChI=1S/C19H18/c1-14(2)17-12-16-10-6-7-11-18(16)19(13-17)15-8-4-3-5-9-15/h3-14H,1-2H3. The average molecular weight is 246 g/mol. The van der Waals surface area contributed by atoms with Crippen molar-refractivity contribution in [2.24, 2.45) is 0 Å². The van der Waals surface area contributed by atoms with Crippen LogP contribution in [0.2, 0.25) is 0 Å². The highest BCUT2D eigenvalue weighted by molar-refractivity contribution is 5.97. The average Bonchev–Trinajstić information content (AvgIpc) is 2.47. The van der Waals surface area contributed by atoms with E-state index in [2.05, 4.69) is 80.6 Å². The highest BCUT2D eigenvalue weighted by Gasteiger charge is 2.07. The molecule has 0 aliphatic carbocycles.